The van der Waals surface area contributed by atoms with E-state index in [1.165, 1.54) is 0 Å². The minimum absolute atomic E-state index is 0.0519. The zero-order valence-corrected chi connectivity index (χ0v) is 17.8. The normalized spacial score (nSPS) is 14.9. The molecule has 1 aliphatic carbocycles. The second-order valence-corrected chi connectivity index (χ2v) is 7.93. The molecule has 1 aromatic carbocycles. The lowest BCUT2D eigenvalue weighted by atomic mass is 10.00. The van der Waals surface area contributed by atoms with Gasteiger partial charge in [-0.15, -0.1) is 0 Å². The van der Waals surface area contributed by atoms with E-state index in [2.05, 4.69) is 22.0 Å². The van der Waals surface area contributed by atoms with Gasteiger partial charge in [-0.25, -0.2) is 0 Å². The fourth-order valence-corrected chi connectivity index (χ4v) is 3.51. The predicted octanol–water partition coefficient (Wildman–Crippen LogP) is 3.52. The topological polar surface area (TPSA) is 73.0 Å². The monoisotopic (exact) mass is 402 g/mol. The average Bonchev–Trinajstić information content (AvgIpc) is 3.46. The Bertz CT molecular complexity index is 1310. The molecule has 0 spiro atoms. The van der Waals surface area contributed by atoms with Crippen molar-refractivity contribution in [2.45, 2.75) is 39.5 Å². The number of aromatic nitrogens is 3. The smallest absolute Gasteiger partial charge is 0.267 e. The number of aryl methyl sites for hydroxylation is 1. The van der Waals surface area contributed by atoms with Gasteiger partial charge in [0.1, 0.15) is 0 Å². The SMILES string of the molecule is C=C(C)/C=c1\c(=CC)cc(-c2cc(Nc3noc(C4CC4)n3)ccc2C)c(=O)n1C. The lowest BCUT2D eigenvalue weighted by molar-refractivity contribution is 0.380. The quantitative estimate of drug-likeness (QED) is 0.707. The van der Waals surface area contributed by atoms with E-state index < -0.39 is 0 Å². The Labute approximate surface area is 175 Å². The minimum atomic E-state index is -0.0519. The Morgan fingerprint density at radius 1 is 1.30 bits per heavy atom. The van der Waals surface area contributed by atoms with Crippen molar-refractivity contribution in [3.63, 3.8) is 0 Å². The van der Waals surface area contributed by atoms with Crippen molar-refractivity contribution in [2.24, 2.45) is 7.05 Å². The Balaban J connectivity index is 1.78. The molecule has 4 rings (SSSR count). The predicted molar refractivity (Wildman–Crippen MR) is 120 cm³/mol. The molecule has 1 N–H and O–H groups in total. The number of hydrogen-bond acceptors (Lipinski definition) is 5. The first-order valence-electron chi connectivity index (χ1n) is 10.1. The largest absolute Gasteiger partial charge is 0.337 e. The molecule has 0 bridgehead atoms. The van der Waals surface area contributed by atoms with Gasteiger partial charge in [-0.3, -0.25) is 4.79 Å². The third-order valence-electron chi connectivity index (χ3n) is 5.34. The first-order chi connectivity index (χ1) is 14.4. The van der Waals surface area contributed by atoms with Crippen molar-refractivity contribution in [2.75, 3.05) is 5.32 Å². The first-order valence-corrected chi connectivity index (χ1v) is 10.1. The van der Waals surface area contributed by atoms with Crippen LogP contribution in [0.15, 0.2) is 45.7 Å². The molecule has 1 fully saturated rings. The van der Waals surface area contributed by atoms with Gasteiger partial charge in [0, 0.05) is 24.2 Å². The molecule has 6 nitrogen and oxygen atoms in total. The summed E-state index contributed by atoms with van der Waals surface area (Å²) in [6.07, 6.45) is 6.15. The lowest BCUT2D eigenvalue weighted by Gasteiger charge is -2.11. The third-order valence-corrected chi connectivity index (χ3v) is 5.34. The minimum Gasteiger partial charge on any atom is -0.337 e. The summed E-state index contributed by atoms with van der Waals surface area (Å²) < 4.78 is 7.00. The van der Waals surface area contributed by atoms with Crippen LogP contribution in [-0.2, 0) is 7.05 Å². The lowest BCUT2D eigenvalue weighted by Crippen LogP contribution is -2.42. The summed E-state index contributed by atoms with van der Waals surface area (Å²) in [5.41, 5.74) is 4.19. The number of allylic oxidation sites excluding steroid dienone is 1. The number of benzene rings is 1. The van der Waals surface area contributed by atoms with E-state index in [4.69, 9.17) is 4.52 Å². The van der Waals surface area contributed by atoms with Gasteiger partial charge in [-0.2, -0.15) is 4.98 Å². The van der Waals surface area contributed by atoms with Crippen LogP contribution in [0, 0.1) is 6.92 Å². The van der Waals surface area contributed by atoms with E-state index >= 15 is 0 Å². The second-order valence-electron chi connectivity index (χ2n) is 7.93. The molecule has 6 heteroatoms. The van der Waals surface area contributed by atoms with E-state index in [1.54, 1.807) is 11.6 Å². The molecule has 0 aliphatic heterocycles. The summed E-state index contributed by atoms with van der Waals surface area (Å²) in [5.74, 6) is 1.53. The van der Waals surface area contributed by atoms with Gasteiger partial charge in [0.15, 0.2) is 0 Å². The average molecular weight is 402 g/mol. The number of hydrogen-bond donors (Lipinski definition) is 1. The molecule has 0 radical (unpaired) electrons. The van der Waals surface area contributed by atoms with Crippen LogP contribution in [-0.4, -0.2) is 14.7 Å². The van der Waals surface area contributed by atoms with E-state index in [0.29, 0.717) is 23.3 Å². The van der Waals surface area contributed by atoms with Crippen LogP contribution in [0.4, 0.5) is 11.6 Å². The first kappa shape index (κ1) is 19.9. The van der Waals surface area contributed by atoms with Gasteiger partial charge >= 0.3 is 0 Å². The third kappa shape index (κ3) is 3.85. The number of anilines is 2. The molecule has 30 heavy (non-hydrogen) atoms. The molecule has 3 aromatic rings. The summed E-state index contributed by atoms with van der Waals surface area (Å²) in [6.45, 7) is 9.84. The van der Waals surface area contributed by atoms with Gasteiger partial charge < -0.3 is 14.4 Å². The highest BCUT2D eigenvalue weighted by Crippen LogP contribution is 2.39. The molecule has 0 amide bonds. The molecule has 0 unspecified atom stereocenters. The Kier molecular flexibility index (Phi) is 5.16. The van der Waals surface area contributed by atoms with Gasteiger partial charge in [0.05, 0.1) is 5.35 Å². The van der Waals surface area contributed by atoms with Gasteiger partial charge in [0.25, 0.3) is 11.5 Å². The van der Waals surface area contributed by atoms with Crippen molar-refractivity contribution in [1.82, 2.24) is 14.7 Å². The molecule has 2 heterocycles. The van der Waals surface area contributed by atoms with Crippen molar-refractivity contribution in [1.29, 1.82) is 0 Å². The fourth-order valence-electron chi connectivity index (χ4n) is 3.51. The zero-order chi connectivity index (χ0) is 21.4. The standard InChI is InChI=1S/C24H26N4O2/c1-6-16-12-20(23(29)28(5)21(16)11-14(2)3)19-13-18(10-7-15(19)4)25-24-26-22(30-27-24)17-8-9-17/h6-7,10-13,17H,2,8-9H2,1,3-5H3,(H,25,27)/b16-6?,21-11+. The van der Waals surface area contributed by atoms with Crippen molar-refractivity contribution >= 4 is 23.8 Å². The number of nitrogens with one attached hydrogen (secondary N) is 1. The Morgan fingerprint density at radius 3 is 2.73 bits per heavy atom. The van der Waals surface area contributed by atoms with Crippen LogP contribution in [0.3, 0.4) is 0 Å². The van der Waals surface area contributed by atoms with Crippen LogP contribution >= 0.6 is 0 Å². The maximum absolute atomic E-state index is 13.2. The van der Waals surface area contributed by atoms with E-state index in [9.17, 15) is 4.79 Å². The summed E-state index contributed by atoms with van der Waals surface area (Å²) >= 11 is 0. The van der Waals surface area contributed by atoms with E-state index in [-0.39, 0.29) is 5.56 Å². The van der Waals surface area contributed by atoms with Gasteiger partial charge in [-0.05, 0) is 79.4 Å². The highest BCUT2D eigenvalue weighted by Gasteiger charge is 2.29. The molecular weight excluding hydrogens is 376 g/mol. The number of pyridine rings is 1. The van der Waals surface area contributed by atoms with Crippen LogP contribution < -0.4 is 21.4 Å². The van der Waals surface area contributed by atoms with Crippen molar-refractivity contribution < 1.29 is 4.52 Å². The molecule has 0 atom stereocenters. The summed E-state index contributed by atoms with van der Waals surface area (Å²) in [6, 6.07) is 7.85. The summed E-state index contributed by atoms with van der Waals surface area (Å²) in [4.78, 5) is 17.6. The van der Waals surface area contributed by atoms with Gasteiger partial charge in [0.2, 0.25) is 5.89 Å². The van der Waals surface area contributed by atoms with Crippen LogP contribution in [0.5, 0.6) is 0 Å². The number of nitrogens with zero attached hydrogens (tertiary/aromatic N) is 3. The van der Waals surface area contributed by atoms with Gasteiger partial charge in [-0.1, -0.05) is 24.3 Å². The zero-order valence-electron chi connectivity index (χ0n) is 17.8. The fraction of sp³-hybridized carbons (Fsp3) is 0.292. The molecule has 0 saturated heterocycles. The van der Waals surface area contributed by atoms with E-state index in [1.807, 2.05) is 57.2 Å². The van der Waals surface area contributed by atoms with Crippen LogP contribution in [0.1, 0.15) is 44.1 Å². The molecular formula is C24H26N4O2. The Hall–Kier alpha value is -3.41. The molecule has 1 aliphatic rings. The van der Waals surface area contributed by atoms with Crippen molar-refractivity contribution in [3.8, 4) is 11.1 Å². The highest BCUT2D eigenvalue weighted by molar-refractivity contribution is 5.72. The van der Waals surface area contributed by atoms with Crippen LogP contribution in [0.25, 0.3) is 23.3 Å². The highest BCUT2D eigenvalue weighted by atomic mass is 16.5. The summed E-state index contributed by atoms with van der Waals surface area (Å²) in [7, 11) is 1.80. The molecule has 2 aromatic heterocycles. The summed E-state index contributed by atoms with van der Waals surface area (Å²) in [5, 5.41) is 9.05. The van der Waals surface area contributed by atoms with E-state index in [0.717, 1.165) is 45.8 Å². The van der Waals surface area contributed by atoms with Crippen LogP contribution in [0.2, 0.25) is 0 Å². The number of rotatable bonds is 5. The van der Waals surface area contributed by atoms with Crippen molar-refractivity contribution in [3.05, 3.63) is 68.8 Å². The Morgan fingerprint density at radius 2 is 2.07 bits per heavy atom. The second kappa shape index (κ2) is 7.78. The molecule has 1 saturated carbocycles. The molecule has 154 valence electrons. The maximum Gasteiger partial charge on any atom is 0.267 e. The maximum atomic E-state index is 13.2.